The van der Waals surface area contributed by atoms with Crippen molar-refractivity contribution in [1.82, 2.24) is 20.3 Å². The van der Waals surface area contributed by atoms with Gasteiger partial charge in [-0.15, -0.1) is 5.10 Å². The number of fused-ring (bicyclic) bond motifs is 2. The number of anilines is 1. The highest BCUT2D eigenvalue weighted by molar-refractivity contribution is 6.02. The van der Waals surface area contributed by atoms with Gasteiger partial charge in [-0.1, -0.05) is 48.5 Å². The fraction of sp³-hybridized carbons (Fsp3) is 0.333. The smallest absolute Gasteiger partial charge is 0.249 e. The normalized spacial score (nSPS) is 13.6. The van der Waals surface area contributed by atoms with Crippen molar-refractivity contribution in [2.24, 2.45) is 0 Å². The number of hydrogen-bond donors (Lipinski definition) is 1. The number of nitrogens with one attached hydrogen (secondary N) is 1. The van der Waals surface area contributed by atoms with E-state index in [1.165, 1.54) is 4.90 Å². The van der Waals surface area contributed by atoms with Crippen molar-refractivity contribution >= 4 is 28.5 Å². The monoisotopic (exact) mass is 527 g/mol. The molecule has 0 fully saturated rings. The third-order valence-corrected chi connectivity index (χ3v) is 7.11. The number of carbonyl (C=O) groups is 2. The first-order valence-electron chi connectivity index (χ1n) is 13.1. The maximum Gasteiger partial charge on any atom is 0.249 e. The fourth-order valence-electron chi connectivity index (χ4n) is 4.64. The van der Waals surface area contributed by atoms with Gasteiger partial charge in [0.15, 0.2) is 11.5 Å². The van der Waals surface area contributed by atoms with Gasteiger partial charge >= 0.3 is 0 Å². The first-order chi connectivity index (χ1) is 18.8. The van der Waals surface area contributed by atoms with E-state index in [-0.39, 0.29) is 18.4 Å². The van der Waals surface area contributed by atoms with Crippen LogP contribution in [-0.2, 0) is 16.1 Å². The minimum Gasteiger partial charge on any atom is -0.486 e. The van der Waals surface area contributed by atoms with Crippen LogP contribution in [0.4, 0.5) is 5.69 Å². The van der Waals surface area contributed by atoms with Crippen molar-refractivity contribution in [3.63, 3.8) is 0 Å². The first-order valence-corrected chi connectivity index (χ1v) is 13.1. The molecule has 0 spiro atoms. The molecule has 9 heteroatoms. The lowest BCUT2D eigenvalue weighted by atomic mass is 9.95. The molecule has 0 saturated heterocycles. The Morgan fingerprint density at radius 3 is 2.51 bits per heavy atom. The van der Waals surface area contributed by atoms with E-state index in [1.807, 2.05) is 76.2 Å². The van der Waals surface area contributed by atoms with Crippen LogP contribution in [0.1, 0.15) is 44.4 Å². The summed E-state index contributed by atoms with van der Waals surface area (Å²) < 4.78 is 13.1. The zero-order valence-corrected chi connectivity index (χ0v) is 22.7. The average Bonchev–Trinajstić information content (AvgIpc) is 3.34. The van der Waals surface area contributed by atoms with Crippen molar-refractivity contribution in [3.8, 4) is 11.5 Å². The number of nitrogens with zero attached hydrogens (tertiary/aromatic N) is 4. The van der Waals surface area contributed by atoms with Crippen LogP contribution >= 0.6 is 0 Å². The Labute approximate surface area is 227 Å². The van der Waals surface area contributed by atoms with E-state index in [0.717, 1.165) is 23.1 Å². The van der Waals surface area contributed by atoms with Gasteiger partial charge in [0.05, 0.1) is 5.52 Å². The van der Waals surface area contributed by atoms with Crippen LogP contribution in [0.5, 0.6) is 11.5 Å². The predicted molar refractivity (Wildman–Crippen MR) is 149 cm³/mol. The van der Waals surface area contributed by atoms with Gasteiger partial charge in [-0.3, -0.25) is 14.5 Å². The van der Waals surface area contributed by atoms with E-state index in [4.69, 9.17) is 9.47 Å². The molecule has 0 bridgehead atoms. The number of carbonyl (C=O) groups excluding carboxylic acids is 2. The number of hydrogen-bond acceptors (Lipinski definition) is 6. The van der Waals surface area contributed by atoms with E-state index >= 15 is 0 Å². The highest BCUT2D eigenvalue weighted by Gasteiger charge is 2.36. The molecule has 1 aliphatic heterocycles. The van der Waals surface area contributed by atoms with Crippen LogP contribution in [0.2, 0.25) is 0 Å². The summed E-state index contributed by atoms with van der Waals surface area (Å²) in [5.41, 5.74) is 3.10. The van der Waals surface area contributed by atoms with Gasteiger partial charge < -0.3 is 14.8 Å². The second kappa shape index (κ2) is 10.8. The third-order valence-electron chi connectivity index (χ3n) is 7.11. The van der Waals surface area contributed by atoms with Crippen molar-refractivity contribution in [3.05, 3.63) is 77.9 Å². The number of benzene rings is 3. The Kier molecular flexibility index (Phi) is 7.24. The van der Waals surface area contributed by atoms with Crippen LogP contribution in [0.25, 0.3) is 11.0 Å². The van der Waals surface area contributed by atoms with Gasteiger partial charge in [0, 0.05) is 17.3 Å². The molecule has 1 aliphatic rings. The Bertz CT molecular complexity index is 1510. The van der Waals surface area contributed by atoms with Gasteiger partial charge in [0.2, 0.25) is 11.8 Å². The molecule has 0 radical (unpaired) electrons. The maximum atomic E-state index is 14.3. The standard InChI is InChI=1S/C30H33N5O4/c1-5-30(3,4)31-29(37)28(22-11-7-6-10-20(22)2)35(21-14-15-25-26(18-21)39-17-16-38-25)27(36)19-34-24-13-9-8-12-23(24)32-33-34/h6-15,18,28H,5,16-17,19H2,1-4H3,(H,31,37)/t28-/m0/s1. The predicted octanol–water partition coefficient (Wildman–Crippen LogP) is 4.59. The van der Waals surface area contributed by atoms with E-state index < -0.39 is 11.6 Å². The molecule has 1 aromatic heterocycles. The molecule has 0 aliphatic carbocycles. The highest BCUT2D eigenvalue weighted by atomic mass is 16.6. The second-order valence-corrected chi connectivity index (χ2v) is 10.3. The zero-order chi connectivity index (χ0) is 27.6. The number of rotatable bonds is 8. The third kappa shape index (κ3) is 5.43. The maximum absolute atomic E-state index is 14.3. The van der Waals surface area contributed by atoms with Crippen LogP contribution < -0.4 is 19.7 Å². The zero-order valence-electron chi connectivity index (χ0n) is 22.7. The van der Waals surface area contributed by atoms with E-state index in [2.05, 4.69) is 15.6 Å². The summed E-state index contributed by atoms with van der Waals surface area (Å²) in [6.45, 7) is 8.65. The van der Waals surface area contributed by atoms with Crippen LogP contribution in [0, 0.1) is 6.92 Å². The lowest BCUT2D eigenvalue weighted by molar-refractivity contribution is -0.128. The van der Waals surface area contributed by atoms with Gasteiger partial charge in [0.1, 0.15) is 31.3 Å². The van der Waals surface area contributed by atoms with Crippen LogP contribution in [0.15, 0.2) is 66.7 Å². The summed E-state index contributed by atoms with van der Waals surface area (Å²) >= 11 is 0. The Morgan fingerprint density at radius 1 is 1.03 bits per heavy atom. The van der Waals surface area contributed by atoms with Gasteiger partial charge in [-0.2, -0.15) is 0 Å². The summed E-state index contributed by atoms with van der Waals surface area (Å²) in [4.78, 5) is 29.9. The topological polar surface area (TPSA) is 98.6 Å². The summed E-state index contributed by atoms with van der Waals surface area (Å²) in [6, 6.07) is 19.5. The van der Waals surface area contributed by atoms with Gasteiger partial charge in [-0.25, -0.2) is 4.68 Å². The van der Waals surface area contributed by atoms with E-state index in [9.17, 15) is 9.59 Å². The molecule has 3 aromatic carbocycles. The average molecular weight is 528 g/mol. The molecule has 1 atom stereocenters. The second-order valence-electron chi connectivity index (χ2n) is 10.3. The molecule has 2 heterocycles. The molecular formula is C30H33N5O4. The fourth-order valence-corrected chi connectivity index (χ4v) is 4.64. The summed E-state index contributed by atoms with van der Waals surface area (Å²) in [7, 11) is 0. The molecule has 0 saturated carbocycles. The number of aromatic nitrogens is 3. The number of aryl methyl sites for hydroxylation is 1. The Morgan fingerprint density at radius 2 is 1.74 bits per heavy atom. The minimum atomic E-state index is -0.943. The minimum absolute atomic E-state index is 0.109. The number of para-hydroxylation sites is 1. The van der Waals surface area contributed by atoms with Gasteiger partial charge in [-0.05, 0) is 62.6 Å². The van der Waals surface area contributed by atoms with Crippen LogP contribution in [0.3, 0.4) is 0 Å². The van der Waals surface area contributed by atoms with Gasteiger partial charge in [0.25, 0.3) is 0 Å². The molecule has 202 valence electrons. The van der Waals surface area contributed by atoms with Crippen LogP contribution in [-0.4, -0.2) is 45.6 Å². The largest absolute Gasteiger partial charge is 0.486 e. The first kappa shape index (κ1) is 26.2. The summed E-state index contributed by atoms with van der Waals surface area (Å²) in [5, 5.41) is 11.6. The Balaban J connectivity index is 1.64. The van der Waals surface area contributed by atoms with Crippen molar-refractivity contribution in [2.45, 2.75) is 52.2 Å². The molecule has 4 aromatic rings. The molecule has 0 unspecified atom stereocenters. The molecule has 5 rings (SSSR count). The molecule has 1 N–H and O–H groups in total. The number of amides is 2. The van der Waals surface area contributed by atoms with Crippen molar-refractivity contribution in [2.75, 3.05) is 18.1 Å². The summed E-state index contributed by atoms with van der Waals surface area (Å²) in [6.07, 6.45) is 0.724. The highest BCUT2D eigenvalue weighted by Crippen LogP contribution is 2.38. The SMILES string of the molecule is CCC(C)(C)NC(=O)[C@H](c1ccccc1C)N(C(=O)Cn1nnc2ccccc21)c1ccc2c(c1)OCCO2. The quantitative estimate of drug-likeness (QED) is 0.360. The lowest BCUT2D eigenvalue weighted by Crippen LogP contribution is -2.51. The van der Waals surface area contributed by atoms with Crippen molar-refractivity contribution in [1.29, 1.82) is 0 Å². The molecule has 2 amide bonds. The van der Waals surface area contributed by atoms with E-state index in [0.29, 0.717) is 35.9 Å². The van der Waals surface area contributed by atoms with E-state index in [1.54, 1.807) is 22.9 Å². The lowest BCUT2D eigenvalue weighted by Gasteiger charge is -2.35. The Hall–Kier alpha value is -4.40. The van der Waals surface area contributed by atoms with Crippen molar-refractivity contribution < 1.29 is 19.1 Å². The molecular weight excluding hydrogens is 494 g/mol. The molecule has 39 heavy (non-hydrogen) atoms. The summed E-state index contributed by atoms with van der Waals surface area (Å²) in [5.74, 6) is 0.534. The number of ether oxygens (including phenoxy) is 2. The molecule has 9 nitrogen and oxygen atoms in total.